The summed E-state index contributed by atoms with van der Waals surface area (Å²) in [7, 11) is 2.29. The van der Waals surface area contributed by atoms with E-state index in [1.54, 1.807) is 0 Å². The predicted molar refractivity (Wildman–Crippen MR) is 89.7 cm³/mol. The summed E-state index contributed by atoms with van der Waals surface area (Å²) in [5.74, 6) is 0.746. The number of rotatable bonds is 8. The monoisotopic (exact) mass is 296 g/mol. The SMILES string of the molecule is CC(C)CNCC1(CN(C)CC2CCCO2)CCCCC1. The Hall–Kier alpha value is -0.120. The van der Waals surface area contributed by atoms with Gasteiger partial charge in [0, 0.05) is 26.2 Å². The van der Waals surface area contributed by atoms with Gasteiger partial charge in [0.05, 0.1) is 6.10 Å². The predicted octanol–water partition coefficient (Wildman–Crippen LogP) is 3.29. The fraction of sp³-hybridized carbons (Fsp3) is 1.00. The minimum atomic E-state index is 0.485. The lowest BCUT2D eigenvalue weighted by atomic mass is 9.73. The van der Waals surface area contributed by atoms with E-state index in [0.29, 0.717) is 11.5 Å². The lowest BCUT2D eigenvalue weighted by Gasteiger charge is -2.41. The number of nitrogens with zero attached hydrogens (tertiary/aromatic N) is 1. The molecule has 3 heteroatoms. The molecule has 124 valence electrons. The Kier molecular flexibility index (Phi) is 6.97. The molecule has 0 aromatic carbocycles. The van der Waals surface area contributed by atoms with Gasteiger partial charge in [-0.2, -0.15) is 0 Å². The minimum absolute atomic E-state index is 0.485. The van der Waals surface area contributed by atoms with Crippen LogP contribution in [0.1, 0.15) is 58.8 Å². The Morgan fingerprint density at radius 1 is 1.19 bits per heavy atom. The maximum atomic E-state index is 5.80. The van der Waals surface area contributed by atoms with E-state index in [4.69, 9.17) is 4.74 Å². The number of nitrogens with one attached hydrogen (secondary N) is 1. The first-order chi connectivity index (χ1) is 10.1. The zero-order chi connectivity index (χ0) is 15.1. The van der Waals surface area contributed by atoms with E-state index < -0.39 is 0 Å². The average molecular weight is 296 g/mol. The summed E-state index contributed by atoms with van der Waals surface area (Å²) in [6.45, 7) is 10.3. The summed E-state index contributed by atoms with van der Waals surface area (Å²) in [6.07, 6.45) is 10.0. The van der Waals surface area contributed by atoms with Crippen LogP contribution in [0.3, 0.4) is 0 Å². The Balaban J connectivity index is 1.82. The van der Waals surface area contributed by atoms with Gasteiger partial charge in [0.2, 0.25) is 0 Å². The van der Waals surface area contributed by atoms with E-state index in [1.165, 1.54) is 58.0 Å². The number of ether oxygens (including phenoxy) is 1. The molecular weight excluding hydrogens is 260 g/mol. The fourth-order valence-corrected chi connectivity index (χ4v) is 4.09. The van der Waals surface area contributed by atoms with Gasteiger partial charge in [0.15, 0.2) is 0 Å². The molecule has 0 aromatic heterocycles. The standard InChI is InChI=1S/C18H36N2O/c1-16(2)12-19-14-18(9-5-4-6-10-18)15-20(3)13-17-8-7-11-21-17/h16-17,19H,4-15H2,1-3H3. The quantitative estimate of drug-likeness (QED) is 0.744. The highest BCUT2D eigenvalue weighted by molar-refractivity contribution is 4.88. The van der Waals surface area contributed by atoms with Gasteiger partial charge in [0.1, 0.15) is 0 Å². The topological polar surface area (TPSA) is 24.5 Å². The molecule has 1 aliphatic heterocycles. The van der Waals surface area contributed by atoms with E-state index in [2.05, 4.69) is 31.1 Å². The van der Waals surface area contributed by atoms with Crippen LogP contribution >= 0.6 is 0 Å². The maximum absolute atomic E-state index is 5.80. The lowest BCUT2D eigenvalue weighted by Crippen LogP contribution is -2.46. The highest BCUT2D eigenvalue weighted by atomic mass is 16.5. The molecule has 1 saturated carbocycles. The van der Waals surface area contributed by atoms with Crippen molar-refractivity contribution < 1.29 is 4.74 Å². The van der Waals surface area contributed by atoms with Crippen LogP contribution in [-0.4, -0.2) is 50.8 Å². The second-order valence-corrected chi connectivity index (χ2v) is 7.92. The highest BCUT2D eigenvalue weighted by Crippen LogP contribution is 2.36. The first-order valence-corrected chi connectivity index (χ1v) is 9.10. The molecule has 0 amide bonds. The van der Waals surface area contributed by atoms with Crippen molar-refractivity contribution >= 4 is 0 Å². The van der Waals surface area contributed by atoms with Gasteiger partial charge in [-0.15, -0.1) is 0 Å². The van der Waals surface area contributed by atoms with Crippen LogP contribution in [-0.2, 0) is 4.74 Å². The zero-order valence-corrected chi connectivity index (χ0v) is 14.5. The maximum Gasteiger partial charge on any atom is 0.0702 e. The van der Waals surface area contributed by atoms with Gasteiger partial charge in [-0.1, -0.05) is 33.1 Å². The molecule has 0 radical (unpaired) electrons. The van der Waals surface area contributed by atoms with Crippen LogP contribution in [0.25, 0.3) is 0 Å². The third kappa shape index (κ3) is 5.88. The van der Waals surface area contributed by atoms with Gasteiger partial charge in [0.25, 0.3) is 0 Å². The van der Waals surface area contributed by atoms with Gasteiger partial charge in [-0.05, 0) is 50.6 Å². The average Bonchev–Trinajstić information content (AvgIpc) is 2.91. The Morgan fingerprint density at radius 2 is 1.95 bits per heavy atom. The molecule has 1 atom stereocenters. The molecule has 3 nitrogen and oxygen atoms in total. The molecular formula is C18H36N2O. The molecule has 1 unspecified atom stereocenters. The van der Waals surface area contributed by atoms with Gasteiger partial charge in [-0.3, -0.25) is 0 Å². The van der Waals surface area contributed by atoms with E-state index in [-0.39, 0.29) is 0 Å². The fourth-order valence-electron chi connectivity index (χ4n) is 4.09. The molecule has 0 aromatic rings. The second-order valence-electron chi connectivity index (χ2n) is 7.92. The molecule has 21 heavy (non-hydrogen) atoms. The van der Waals surface area contributed by atoms with Crippen molar-refractivity contribution in [2.24, 2.45) is 11.3 Å². The van der Waals surface area contributed by atoms with Crippen molar-refractivity contribution in [1.29, 1.82) is 0 Å². The summed E-state index contributed by atoms with van der Waals surface area (Å²) < 4.78 is 5.80. The lowest BCUT2D eigenvalue weighted by molar-refractivity contribution is 0.0537. The first-order valence-electron chi connectivity index (χ1n) is 9.10. The molecule has 2 aliphatic rings. The van der Waals surface area contributed by atoms with E-state index >= 15 is 0 Å². The van der Waals surface area contributed by atoms with Crippen molar-refractivity contribution in [1.82, 2.24) is 10.2 Å². The van der Waals surface area contributed by atoms with Crippen LogP contribution in [0.5, 0.6) is 0 Å². The second kappa shape index (κ2) is 8.50. The van der Waals surface area contributed by atoms with Crippen LogP contribution in [0.15, 0.2) is 0 Å². The minimum Gasteiger partial charge on any atom is -0.377 e. The summed E-state index contributed by atoms with van der Waals surface area (Å²) >= 11 is 0. The van der Waals surface area contributed by atoms with Crippen molar-refractivity contribution in [3.8, 4) is 0 Å². The first kappa shape index (κ1) is 17.2. The van der Waals surface area contributed by atoms with Crippen molar-refractivity contribution in [2.45, 2.75) is 64.9 Å². The van der Waals surface area contributed by atoms with E-state index in [9.17, 15) is 0 Å². The third-order valence-electron chi connectivity index (χ3n) is 5.11. The van der Waals surface area contributed by atoms with Crippen molar-refractivity contribution in [2.75, 3.05) is 39.8 Å². The van der Waals surface area contributed by atoms with Crippen LogP contribution < -0.4 is 5.32 Å². The summed E-state index contributed by atoms with van der Waals surface area (Å²) in [5.41, 5.74) is 0.500. The van der Waals surface area contributed by atoms with Gasteiger partial charge >= 0.3 is 0 Å². The Bertz CT molecular complexity index is 281. The number of hydrogen-bond donors (Lipinski definition) is 1. The number of hydrogen-bond acceptors (Lipinski definition) is 3. The normalized spacial score (nSPS) is 25.9. The zero-order valence-electron chi connectivity index (χ0n) is 14.5. The van der Waals surface area contributed by atoms with Crippen LogP contribution in [0.2, 0.25) is 0 Å². The molecule has 1 N–H and O–H groups in total. The summed E-state index contributed by atoms with van der Waals surface area (Å²) in [5, 5.41) is 3.74. The molecule has 0 spiro atoms. The number of likely N-dealkylation sites (N-methyl/N-ethyl adjacent to an activating group) is 1. The third-order valence-corrected chi connectivity index (χ3v) is 5.11. The summed E-state index contributed by atoms with van der Waals surface area (Å²) in [6, 6.07) is 0. The molecule has 1 aliphatic carbocycles. The smallest absolute Gasteiger partial charge is 0.0702 e. The van der Waals surface area contributed by atoms with Crippen molar-refractivity contribution in [3.63, 3.8) is 0 Å². The van der Waals surface area contributed by atoms with Crippen LogP contribution in [0.4, 0.5) is 0 Å². The Morgan fingerprint density at radius 3 is 2.57 bits per heavy atom. The van der Waals surface area contributed by atoms with Gasteiger partial charge in [-0.25, -0.2) is 0 Å². The van der Waals surface area contributed by atoms with E-state index in [1.807, 2.05) is 0 Å². The molecule has 1 heterocycles. The molecule has 1 saturated heterocycles. The van der Waals surface area contributed by atoms with Crippen LogP contribution in [0, 0.1) is 11.3 Å². The molecule has 2 fully saturated rings. The van der Waals surface area contributed by atoms with Gasteiger partial charge < -0.3 is 15.0 Å². The highest BCUT2D eigenvalue weighted by Gasteiger charge is 2.33. The molecule has 2 rings (SSSR count). The summed E-state index contributed by atoms with van der Waals surface area (Å²) in [4.78, 5) is 2.54. The van der Waals surface area contributed by atoms with E-state index in [0.717, 1.165) is 25.6 Å². The largest absolute Gasteiger partial charge is 0.377 e. The Labute approximate surface area is 131 Å². The molecule has 0 bridgehead atoms. The van der Waals surface area contributed by atoms with Crippen molar-refractivity contribution in [3.05, 3.63) is 0 Å².